The Bertz CT molecular complexity index is 1090. The summed E-state index contributed by atoms with van der Waals surface area (Å²) < 4.78 is 0. The van der Waals surface area contributed by atoms with Gasteiger partial charge in [-0.15, -0.1) is 0 Å². The topological polar surface area (TPSA) is 62.3 Å². The lowest BCUT2D eigenvalue weighted by molar-refractivity contribution is -0.125. The fourth-order valence-electron chi connectivity index (χ4n) is 5.63. The van der Waals surface area contributed by atoms with E-state index in [1.165, 1.54) is 40.0 Å². The second kappa shape index (κ2) is 6.90. The number of nitrogens with one attached hydrogen (secondary N) is 1. The zero-order chi connectivity index (χ0) is 22.9. The van der Waals surface area contributed by atoms with Crippen LogP contribution in [0.3, 0.4) is 0 Å². The molecule has 1 saturated carbocycles. The molecule has 2 aromatic rings. The van der Waals surface area contributed by atoms with Gasteiger partial charge in [0.05, 0.1) is 18.8 Å². The number of carbonyl (C=O) groups excluding carboxylic acids is 2. The lowest BCUT2D eigenvalue weighted by Gasteiger charge is -2.43. The van der Waals surface area contributed by atoms with Crippen LogP contribution in [0.1, 0.15) is 86.9 Å². The molecule has 3 aliphatic rings. The van der Waals surface area contributed by atoms with Gasteiger partial charge >= 0.3 is 6.03 Å². The van der Waals surface area contributed by atoms with Crippen LogP contribution in [0.5, 0.6) is 0 Å². The molecular weight excluding hydrogens is 398 g/mol. The van der Waals surface area contributed by atoms with Gasteiger partial charge in [0.15, 0.2) is 0 Å². The van der Waals surface area contributed by atoms with Crippen molar-refractivity contribution in [3.8, 4) is 0 Å². The molecular formula is C27H33N3O2. The first-order valence-corrected chi connectivity index (χ1v) is 11.7. The average molecular weight is 432 g/mol. The quantitative estimate of drug-likeness (QED) is 0.703. The molecule has 0 spiro atoms. The van der Waals surface area contributed by atoms with Gasteiger partial charge in [-0.05, 0) is 77.3 Å². The second-order valence-electron chi connectivity index (χ2n) is 11.3. The second-order valence-corrected chi connectivity index (χ2v) is 11.3. The Kier molecular flexibility index (Phi) is 4.57. The van der Waals surface area contributed by atoms with Crippen LogP contribution in [0, 0.1) is 6.92 Å². The Hall–Kier alpha value is -2.69. The number of imide groups is 1. The van der Waals surface area contributed by atoms with Gasteiger partial charge in [0.1, 0.15) is 0 Å². The molecule has 3 amide bonds. The van der Waals surface area contributed by atoms with Gasteiger partial charge in [0.25, 0.3) is 0 Å². The molecule has 0 unspecified atom stereocenters. The largest absolute Gasteiger partial charge is 0.329 e. The summed E-state index contributed by atoms with van der Waals surface area (Å²) in [6, 6.07) is 8.71. The molecule has 2 aliphatic carbocycles. The highest BCUT2D eigenvalue weighted by atomic mass is 16.2. The number of pyridine rings is 1. The van der Waals surface area contributed by atoms with E-state index in [1.807, 2.05) is 12.3 Å². The lowest BCUT2D eigenvalue weighted by atomic mass is 9.62. The van der Waals surface area contributed by atoms with Crippen LogP contribution < -0.4 is 5.32 Å². The van der Waals surface area contributed by atoms with Crippen molar-refractivity contribution in [1.29, 1.82) is 0 Å². The van der Waals surface area contributed by atoms with Crippen LogP contribution in [0.2, 0.25) is 0 Å². The number of hydrogen-bond acceptors (Lipinski definition) is 3. The number of carbonyl (C=O) groups is 2. The molecule has 5 rings (SSSR count). The standard InChI is InChI=1S/C27H33N3O2/c1-17-12-20-21(26(4,5)9-8-25(20,2)3)13-19(17)27(10-11-27)22-7-6-18(14-28-22)16-30-23(31)15-29-24(30)32/h6-7,12-14H,8-11,15-16H2,1-5H3,(H,29,32). The van der Waals surface area contributed by atoms with E-state index < -0.39 is 0 Å². The number of fused-ring (bicyclic) bond motifs is 1. The van der Waals surface area contributed by atoms with Gasteiger partial charge in [-0.3, -0.25) is 14.7 Å². The molecule has 32 heavy (non-hydrogen) atoms. The Morgan fingerprint density at radius 2 is 1.59 bits per heavy atom. The molecule has 1 aromatic carbocycles. The summed E-state index contributed by atoms with van der Waals surface area (Å²) >= 11 is 0. The summed E-state index contributed by atoms with van der Waals surface area (Å²) in [7, 11) is 0. The van der Waals surface area contributed by atoms with E-state index in [4.69, 9.17) is 4.98 Å². The summed E-state index contributed by atoms with van der Waals surface area (Å²) in [5.74, 6) is -0.187. The van der Waals surface area contributed by atoms with Crippen LogP contribution in [-0.4, -0.2) is 28.4 Å². The normalized spacial score (nSPS) is 22.5. The van der Waals surface area contributed by atoms with Gasteiger partial charge in [0.2, 0.25) is 5.91 Å². The fraction of sp³-hybridized carbons (Fsp3) is 0.519. The zero-order valence-corrected chi connectivity index (χ0v) is 19.8. The third-order valence-electron chi connectivity index (χ3n) is 8.06. The molecule has 0 radical (unpaired) electrons. The number of aromatic nitrogens is 1. The molecule has 1 aromatic heterocycles. The molecule has 0 bridgehead atoms. The minimum absolute atomic E-state index is 0.0177. The maximum Gasteiger partial charge on any atom is 0.324 e. The van der Waals surface area contributed by atoms with E-state index >= 15 is 0 Å². The molecule has 5 nitrogen and oxygen atoms in total. The minimum atomic E-state index is -0.326. The van der Waals surface area contributed by atoms with Crippen LogP contribution in [0.15, 0.2) is 30.5 Å². The fourth-order valence-corrected chi connectivity index (χ4v) is 5.63. The molecule has 1 aliphatic heterocycles. The van der Waals surface area contributed by atoms with Crippen molar-refractivity contribution in [3.05, 3.63) is 64.0 Å². The Labute approximate surface area is 190 Å². The van der Waals surface area contributed by atoms with Crippen molar-refractivity contribution in [2.24, 2.45) is 0 Å². The Balaban J connectivity index is 1.48. The number of nitrogens with zero attached hydrogens (tertiary/aromatic N) is 2. The molecule has 168 valence electrons. The minimum Gasteiger partial charge on any atom is -0.329 e. The van der Waals surface area contributed by atoms with Crippen molar-refractivity contribution >= 4 is 11.9 Å². The summed E-state index contributed by atoms with van der Waals surface area (Å²) in [5, 5.41) is 2.57. The van der Waals surface area contributed by atoms with Crippen molar-refractivity contribution in [2.75, 3.05) is 6.54 Å². The maximum atomic E-state index is 11.9. The molecule has 2 heterocycles. The highest BCUT2D eigenvalue weighted by molar-refractivity contribution is 6.01. The van der Waals surface area contributed by atoms with Crippen molar-refractivity contribution < 1.29 is 9.59 Å². The summed E-state index contributed by atoms with van der Waals surface area (Å²) in [6.45, 7) is 12.1. The molecule has 1 N–H and O–H groups in total. The average Bonchev–Trinajstić information content (AvgIpc) is 3.49. The van der Waals surface area contributed by atoms with Crippen molar-refractivity contribution in [3.63, 3.8) is 0 Å². The number of aryl methyl sites for hydroxylation is 1. The van der Waals surface area contributed by atoms with Gasteiger partial charge in [0, 0.05) is 11.6 Å². The number of rotatable bonds is 4. The van der Waals surface area contributed by atoms with Crippen LogP contribution in [-0.2, 0) is 27.6 Å². The summed E-state index contributed by atoms with van der Waals surface area (Å²) in [6.07, 6.45) is 6.47. The summed E-state index contributed by atoms with van der Waals surface area (Å²) in [5.41, 5.74) is 8.12. The third-order valence-corrected chi connectivity index (χ3v) is 8.06. The van der Waals surface area contributed by atoms with Crippen LogP contribution >= 0.6 is 0 Å². The summed E-state index contributed by atoms with van der Waals surface area (Å²) in [4.78, 5) is 29.8. The van der Waals surface area contributed by atoms with E-state index in [1.54, 1.807) is 0 Å². The van der Waals surface area contributed by atoms with Gasteiger partial charge < -0.3 is 5.32 Å². The van der Waals surface area contributed by atoms with E-state index in [2.05, 4.69) is 58.1 Å². The van der Waals surface area contributed by atoms with Crippen LogP contribution in [0.25, 0.3) is 0 Å². The predicted octanol–water partition coefficient (Wildman–Crippen LogP) is 4.87. The van der Waals surface area contributed by atoms with Gasteiger partial charge in [-0.1, -0.05) is 45.9 Å². The number of amides is 3. The monoisotopic (exact) mass is 431 g/mol. The molecule has 2 fully saturated rings. The van der Waals surface area contributed by atoms with E-state index in [0.29, 0.717) is 0 Å². The number of hydrogen-bond donors (Lipinski definition) is 1. The van der Waals surface area contributed by atoms with Crippen molar-refractivity contribution in [1.82, 2.24) is 15.2 Å². The SMILES string of the molecule is Cc1cc2c(cc1C1(c3ccc(CN4C(=O)CNC4=O)cn3)CC1)C(C)(C)CCC2(C)C. The first kappa shape index (κ1) is 21.2. The van der Waals surface area contributed by atoms with E-state index in [-0.39, 0.29) is 41.3 Å². The van der Waals surface area contributed by atoms with Gasteiger partial charge in [-0.2, -0.15) is 0 Å². The van der Waals surface area contributed by atoms with E-state index in [9.17, 15) is 9.59 Å². The molecule has 1 saturated heterocycles. The van der Waals surface area contributed by atoms with Gasteiger partial charge in [-0.25, -0.2) is 4.79 Å². The number of benzene rings is 1. The van der Waals surface area contributed by atoms with Crippen molar-refractivity contribution in [2.45, 2.75) is 83.1 Å². The Morgan fingerprint density at radius 3 is 2.12 bits per heavy atom. The zero-order valence-electron chi connectivity index (χ0n) is 19.8. The predicted molar refractivity (Wildman–Crippen MR) is 125 cm³/mol. The first-order valence-electron chi connectivity index (χ1n) is 11.7. The third kappa shape index (κ3) is 3.25. The molecule has 0 atom stereocenters. The lowest BCUT2D eigenvalue weighted by Crippen LogP contribution is -2.34. The number of urea groups is 1. The Morgan fingerprint density at radius 1 is 0.938 bits per heavy atom. The molecule has 5 heteroatoms. The first-order chi connectivity index (χ1) is 15.0. The van der Waals surface area contributed by atoms with Crippen LogP contribution in [0.4, 0.5) is 4.79 Å². The highest BCUT2D eigenvalue weighted by Crippen LogP contribution is 2.56. The smallest absolute Gasteiger partial charge is 0.324 e. The maximum absolute atomic E-state index is 11.9. The highest BCUT2D eigenvalue weighted by Gasteiger charge is 2.49. The van der Waals surface area contributed by atoms with E-state index in [0.717, 1.165) is 24.1 Å².